The molecule has 3 aromatic rings. The van der Waals surface area contributed by atoms with Gasteiger partial charge in [-0.3, -0.25) is 0 Å². The van der Waals surface area contributed by atoms with E-state index in [0.717, 1.165) is 11.1 Å². The molecule has 0 fully saturated rings. The fourth-order valence-electron chi connectivity index (χ4n) is 2.43. The Kier molecular flexibility index (Phi) is 14.4. The van der Waals surface area contributed by atoms with E-state index in [9.17, 15) is 4.39 Å². The Morgan fingerprint density at radius 2 is 0.935 bits per heavy atom. The second-order valence-corrected chi connectivity index (χ2v) is 7.75. The van der Waals surface area contributed by atoms with Crippen LogP contribution in [0, 0.1) is 31.0 Å². The Hall–Kier alpha value is -2.92. The molecule has 0 aliphatic carbocycles. The quantitative estimate of drug-likeness (QED) is 0.406. The minimum Gasteiger partial charge on any atom is -0.207 e. The summed E-state index contributed by atoms with van der Waals surface area (Å²) in [4.78, 5) is 0. The standard InChI is InChI=1S/C10H11N.C10H14.C7H7F.C2H6/c1-8(2)10-5-3-9(7-11)4-6-10;1-8(2)10-6-4-9(3)5-7-10;1-6-2-4-7(8)5-3-6;1-2/h3-6,8H,1-2H3;4-8H,1-3H3;2-5H,1H3;1-2H3. The zero-order valence-corrected chi connectivity index (χ0v) is 20.4. The van der Waals surface area contributed by atoms with E-state index in [4.69, 9.17) is 5.26 Å². The molecule has 0 aromatic heterocycles. The molecule has 0 spiro atoms. The van der Waals surface area contributed by atoms with Gasteiger partial charge >= 0.3 is 0 Å². The van der Waals surface area contributed by atoms with Crippen LogP contribution in [0.5, 0.6) is 0 Å². The Balaban J connectivity index is 0.000000423. The van der Waals surface area contributed by atoms with Crippen molar-refractivity contribution in [1.29, 1.82) is 5.26 Å². The fraction of sp³-hybridized carbons (Fsp3) is 0.345. The van der Waals surface area contributed by atoms with Crippen LogP contribution in [0.4, 0.5) is 4.39 Å². The lowest BCUT2D eigenvalue weighted by molar-refractivity contribution is 0.627. The van der Waals surface area contributed by atoms with Crippen molar-refractivity contribution in [3.63, 3.8) is 0 Å². The zero-order valence-electron chi connectivity index (χ0n) is 20.4. The third-order valence-corrected chi connectivity index (χ3v) is 4.46. The van der Waals surface area contributed by atoms with E-state index in [1.807, 2.05) is 45.0 Å². The van der Waals surface area contributed by atoms with Crippen LogP contribution in [0.25, 0.3) is 0 Å². The van der Waals surface area contributed by atoms with E-state index < -0.39 is 0 Å². The number of halogens is 1. The highest BCUT2D eigenvalue weighted by molar-refractivity contribution is 5.32. The number of hydrogen-bond donors (Lipinski definition) is 0. The van der Waals surface area contributed by atoms with Gasteiger partial charge in [0.1, 0.15) is 5.82 Å². The van der Waals surface area contributed by atoms with E-state index in [0.29, 0.717) is 11.8 Å². The smallest absolute Gasteiger partial charge is 0.123 e. The van der Waals surface area contributed by atoms with Gasteiger partial charge in [0.15, 0.2) is 0 Å². The number of nitriles is 1. The highest BCUT2D eigenvalue weighted by Crippen LogP contribution is 2.14. The van der Waals surface area contributed by atoms with Crippen LogP contribution in [-0.4, -0.2) is 0 Å². The Labute approximate surface area is 189 Å². The van der Waals surface area contributed by atoms with Crippen LogP contribution >= 0.6 is 0 Å². The van der Waals surface area contributed by atoms with Crippen LogP contribution in [0.15, 0.2) is 72.8 Å². The summed E-state index contributed by atoms with van der Waals surface area (Å²) in [6.07, 6.45) is 0. The molecular weight excluding hydrogens is 381 g/mol. The van der Waals surface area contributed by atoms with Crippen molar-refractivity contribution in [2.24, 2.45) is 0 Å². The first-order valence-electron chi connectivity index (χ1n) is 11.0. The maximum Gasteiger partial charge on any atom is 0.123 e. The van der Waals surface area contributed by atoms with Crippen LogP contribution < -0.4 is 0 Å². The minimum atomic E-state index is -0.171. The highest BCUT2D eigenvalue weighted by Gasteiger charge is 1.97. The molecule has 0 amide bonds. The second-order valence-electron chi connectivity index (χ2n) is 7.75. The summed E-state index contributed by atoms with van der Waals surface area (Å²) < 4.78 is 12.1. The molecule has 0 bridgehead atoms. The van der Waals surface area contributed by atoms with Gasteiger partial charge in [-0.25, -0.2) is 4.39 Å². The highest BCUT2D eigenvalue weighted by atomic mass is 19.1. The van der Waals surface area contributed by atoms with E-state index in [1.165, 1.54) is 28.8 Å². The van der Waals surface area contributed by atoms with Gasteiger partial charge in [-0.1, -0.05) is 101 Å². The second kappa shape index (κ2) is 15.9. The summed E-state index contributed by atoms with van der Waals surface area (Å²) in [5, 5.41) is 8.52. The van der Waals surface area contributed by atoms with Crippen LogP contribution in [-0.2, 0) is 0 Å². The summed E-state index contributed by atoms with van der Waals surface area (Å²) in [5.41, 5.74) is 5.86. The molecule has 0 saturated carbocycles. The molecule has 166 valence electrons. The van der Waals surface area contributed by atoms with Gasteiger partial charge in [0.2, 0.25) is 0 Å². The molecule has 2 heteroatoms. The lowest BCUT2D eigenvalue weighted by Gasteiger charge is -2.03. The van der Waals surface area contributed by atoms with Gasteiger partial charge in [0, 0.05) is 0 Å². The van der Waals surface area contributed by atoms with Gasteiger partial charge < -0.3 is 0 Å². The fourth-order valence-corrected chi connectivity index (χ4v) is 2.43. The van der Waals surface area contributed by atoms with Crippen LogP contribution in [0.2, 0.25) is 0 Å². The summed E-state index contributed by atoms with van der Waals surface area (Å²) >= 11 is 0. The third-order valence-electron chi connectivity index (χ3n) is 4.46. The molecular formula is C29H38FN. The van der Waals surface area contributed by atoms with E-state index >= 15 is 0 Å². The largest absolute Gasteiger partial charge is 0.207 e. The number of benzene rings is 3. The third kappa shape index (κ3) is 12.4. The molecule has 0 aliphatic rings. The molecule has 3 rings (SSSR count). The van der Waals surface area contributed by atoms with Crippen molar-refractivity contribution < 1.29 is 4.39 Å². The predicted molar refractivity (Wildman–Crippen MR) is 133 cm³/mol. The van der Waals surface area contributed by atoms with Gasteiger partial charge in [0.25, 0.3) is 0 Å². The van der Waals surface area contributed by atoms with E-state index in [1.54, 1.807) is 12.1 Å². The van der Waals surface area contributed by atoms with Gasteiger partial charge in [0.05, 0.1) is 11.6 Å². The lowest BCUT2D eigenvalue weighted by atomic mass is 10.0. The maximum atomic E-state index is 12.1. The van der Waals surface area contributed by atoms with Gasteiger partial charge in [-0.05, 0) is 61.1 Å². The SMILES string of the molecule is CC.CC(C)c1ccc(C#N)cc1.Cc1ccc(C(C)C)cc1.Cc1ccc(F)cc1. The first-order chi connectivity index (χ1) is 14.7. The minimum absolute atomic E-state index is 0.171. The summed E-state index contributed by atoms with van der Waals surface area (Å²) in [6, 6.07) is 24.9. The average molecular weight is 420 g/mol. The van der Waals surface area contributed by atoms with Gasteiger partial charge in [-0.2, -0.15) is 5.26 Å². The van der Waals surface area contributed by atoms with Gasteiger partial charge in [-0.15, -0.1) is 0 Å². The lowest BCUT2D eigenvalue weighted by Crippen LogP contribution is -1.85. The van der Waals surface area contributed by atoms with Crippen LogP contribution in [0.1, 0.15) is 81.2 Å². The van der Waals surface area contributed by atoms with Crippen molar-refractivity contribution in [1.82, 2.24) is 0 Å². The molecule has 0 aliphatic heterocycles. The first-order valence-corrected chi connectivity index (χ1v) is 11.0. The molecule has 0 saturated heterocycles. The monoisotopic (exact) mass is 419 g/mol. The summed E-state index contributed by atoms with van der Waals surface area (Å²) in [6.45, 7) is 16.8. The maximum absolute atomic E-state index is 12.1. The Morgan fingerprint density at radius 1 is 0.613 bits per heavy atom. The normalized spacial score (nSPS) is 9.35. The molecule has 3 aromatic carbocycles. The Bertz CT molecular complexity index is 847. The van der Waals surface area contributed by atoms with Crippen molar-refractivity contribution in [2.75, 3.05) is 0 Å². The Morgan fingerprint density at radius 3 is 1.23 bits per heavy atom. The van der Waals surface area contributed by atoms with Crippen molar-refractivity contribution in [2.45, 2.75) is 67.2 Å². The van der Waals surface area contributed by atoms with Crippen molar-refractivity contribution in [3.05, 3.63) is 106 Å². The van der Waals surface area contributed by atoms with E-state index in [2.05, 4.69) is 65.0 Å². The zero-order chi connectivity index (χ0) is 23.8. The average Bonchev–Trinajstić information content (AvgIpc) is 2.78. The molecule has 31 heavy (non-hydrogen) atoms. The molecule has 0 N–H and O–H groups in total. The number of nitrogens with zero attached hydrogens (tertiary/aromatic N) is 1. The number of rotatable bonds is 2. The van der Waals surface area contributed by atoms with Crippen molar-refractivity contribution >= 4 is 0 Å². The first kappa shape index (κ1) is 28.1. The van der Waals surface area contributed by atoms with E-state index in [-0.39, 0.29) is 5.82 Å². The molecule has 0 atom stereocenters. The summed E-state index contributed by atoms with van der Waals surface area (Å²) in [5.74, 6) is 1.03. The molecule has 1 nitrogen and oxygen atoms in total. The number of aryl methyl sites for hydroxylation is 2. The molecule has 0 heterocycles. The topological polar surface area (TPSA) is 23.8 Å². The molecule has 0 unspecified atom stereocenters. The number of hydrogen-bond acceptors (Lipinski definition) is 1. The summed E-state index contributed by atoms with van der Waals surface area (Å²) in [7, 11) is 0. The van der Waals surface area contributed by atoms with Crippen LogP contribution in [0.3, 0.4) is 0 Å². The predicted octanol–water partition coefficient (Wildman–Crippen LogP) is 8.96. The molecule has 0 radical (unpaired) electrons. The van der Waals surface area contributed by atoms with Crippen molar-refractivity contribution in [3.8, 4) is 6.07 Å².